The van der Waals surface area contributed by atoms with Crippen molar-refractivity contribution in [3.05, 3.63) is 53.0 Å². The maximum absolute atomic E-state index is 12.4. The van der Waals surface area contributed by atoms with Crippen LogP contribution in [0, 0.1) is 0 Å². The SMILES string of the molecule is CC(Sc1ccccc1Br)C(=O)Nc1cccc(S(=O)(=O)N(C)C)c1. The van der Waals surface area contributed by atoms with Gasteiger partial charge in [0.25, 0.3) is 0 Å². The van der Waals surface area contributed by atoms with E-state index in [9.17, 15) is 13.2 Å². The molecule has 0 aliphatic rings. The highest BCUT2D eigenvalue weighted by atomic mass is 79.9. The van der Waals surface area contributed by atoms with E-state index < -0.39 is 10.0 Å². The number of carbonyl (C=O) groups excluding carboxylic acids is 1. The van der Waals surface area contributed by atoms with Crippen molar-refractivity contribution in [2.45, 2.75) is 22.0 Å². The van der Waals surface area contributed by atoms with Crippen molar-refractivity contribution in [2.24, 2.45) is 0 Å². The van der Waals surface area contributed by atoms with Crippen molar-refractivity contribution >= 4 is 49.3 Å². The van der Waals surface area contributed by atoms with Crippen LogP contribution in [0.3, 0.4) is 0 Å². The fraction of sp³-hybridized carbons (Fsp3) is 0.235. The molecule has 0 aliphatic carbocycles. The van der Waals surface area contributed by atoms with Crippen LogP contribution in [0.5, 0.6) is 0 Å². The number of carbonyl (C=O) groups is 1. The van der Waals surface area contributed by atoms with Gasteiger partial charge in [-0.15, -0.1) is 11.8 Å². The van der Waals surface area contributed by atoms with Gasteiger partial charge >= 0.3 is 0 Å². The van der Waals surface area contributed by atoms with Crippen LogP contribution in [-0.4, -0.2) is 38.0 Å². The molecule has 1 atom stereocenters. The fourth-order valence-electron chi connectivity index (χ4n) is 1.97. The van der Waals surface area contributed by atoms with Crippen molar-refractivity contribution in [2.75, 3.05) is 19.4 Å². The Morgan fingerprint density at radius 3 is 2.48 bits per heavy atom. The minimum absolute atomic E-state index is 0.140. The maximum atomic E-state index is 12.4. The Morgan fingerprint density at radius 2 is 1.84 bits per heavy atom. The Hall–Kier alpha value is -1.35. The highest BCUT2D eigenvalue weighted by molar-refractivity contribution is 9.10. The van der Waals surface area contributed by atoms with Crippen molar-refractivity contribution in [1.29, 1.82) is 0 Å². The summed E-state index contributed by atoms with van der Waals surface area (Å²) in [6.07, 6.45) is 0. The number of thioether (sulfide) groups is 1. The number of halogens is 1. The molecule has 0 spiro atoms. The lowest BCUT2D eigenvalue weighted by Crippen LogP contribution is -2.24. The predicted octanol–water partition coefficient (Wildman–Crippen LogP) is 3.82. The molecule has 0 saturated carbocycles. The lowest BCUT2D eigenvalue weighted by molar-refractivity contribution is -0.115. The van der Waals surface area contributed by atoms with E-state index >= 15 is 0 Å². The molecule has 134 valence electrons. The minimum atomic E-state index is -3.54. The number of hydrogen-bond donors (Lipinski definition) is 1. The Morgan fingerprint density at radius 1 is 1.16 bits per heavy atom. The Bertz CT molecular complexity index is 870. The summed E-state index contributed by atoms with van der Waals surface area (Å²) in [6.45, 7) is 1.81. The summed E-state index contributed by atoms with van der Waals surface area (Å²) in [5, 5.41) is 2.43. The predicted molar refractivity (Wildman–Crippen MR) is 105 cm³/mol. The summed E-state index contributed by atoms with van der Waals surface area (Å²) in [7, 11) is -0.600. The molecule has 0 fully saturated rings. The third kappa shape index (κ3) is 5.07. The van der Waals surface area contributed by atoms with Crippen LogP contribution in [0.25, 0.3) is 0 Å². The minimum Gasteiger partial charge on any atom is -0.325 e. The standard InChI is InChI=1S/C17H19BrN2O3S2/c1-12(24-16-10-5-4-9-15(16)18)17(21)19-13-7-6-8-14(11-13)25(22,23)20(2)3/h4-12H,1-3H3,(H,19,21). The van der Waals surface area contributed by atoms with Crippen LogP contribution in [0.15, 0.2) is 62.8 Å². The lowest BCUT2D eigenvalue weighted by atomic mass is 10.3. The highest BCUT2D eigenvalue weighted by Crippen LogP contribution is 2.31. The largest absolute Gasteiger partial charge is 0.325 e. The molecule has 8 heteroatoms. The zero-order valence-electron chi connectivity index (χ0n) is 14.1. The number of rotatable bonds is 6. The topological polar surface area (TPSA) is 66.5 Å². The summed E-state index contributed by atoms with van der Waals surface area (Å²) in [4.78, 5) is 13.5. The van der Waals surface area contributed by atoms with Crippen LogP contribution in [0.4, 0.5) is 5.69 Å². The van der Waals surface area contributed by atoms with Gasteiger partial charge in [-0.3, -0.25) is 4.79 Å². The smallest absolute Gasteiger partial charge is 0.242 e. The van der Waals surface area contributed by atoms with Crippen molar-refractivity contribution in [1.82, 2.24) is 4.31 Å². The van der Waals surface area contributed by atoms with Gasteiger partial charge in [-0.25, -0.2) is 12.7 Å². The first-order valence-electron chi connectivity index (χ1n) is 7.46. The van der Waals surface area contributed by atoms with Gasteiger partial charge in [-0.2, -0.15) is 0 Å². The summed E-state index contributed by atoms with van der Waals surface area (Å²) >= 11 is 4.89. The maximum Gasteiger partial charge on any atom is 0.242 e. The molecule has 1 N–H and O–H groups in total. The second-order valence-corrected chi connectivity index (χ2v) is 9.88. The van der Waals surface area contributed by atoms with Gasteiger partial charge in [-0.1, -0.05) is 18.2 Å². The third-order valence-corrected chi connectivity index (χ3v) is 7.33. The average Bonchev–Trinajstić information content (AvgIpc) is 2.57. The number of hydrogen-bond acceptors (Lipinski definition) is 4. The van der Waals surface area contributed by atoms with Crippen LogP contribution >= 0.6 is 27.7 Å². The molecule has 0 aliphatic heterocycles. The summed E-state index contributed by atoms with van der Waals surface area (Å²) in [5.41, 5.74) is 0.451. The number of amides is 1. The zero-order chi connectivity index (χ0) is 18.6. The van der Waals surface area contributed by atoms with E-state index in [1.807, 2.05) is 24.3 Å². The van der Waals surface area contributed by atoms with Gasteiger partial charge in [0, 0.05) is 29.2 Å². The van der Waals surface area contributed by atoms with Gasteiger partial charge < -0.3 is 5.32 Å². The molecule has 2 aromatic rings. The number of nitrogens with one attached hydrogen (secondary N) is 1. The van der Waals surface area contributed by atoms with E-state index in [4.69, 9.17) is 0 Å². The van der Waals surface area contributed by atoms with E-state index in [-0.39, 0.29) is 16.1 Å². The molecule has 2 rings (SSSR count). The van der Waals surface area contributed by atoms with Gasteiger partial charge in [0.2, 0.25) is 15.9 Å². The second-order valence-electron chi connectivity index (χ2n) is 5.50. The molecule has 2 aromatic carbocycles. The molecule has 0 heterocycles. The van der Waals surface area contributed by atoms with Gasteiger partial charge in [0.15, 0.2) is 0 Å². The first kappa shape index (κ1) is 20.0. The number of anilines is 1. The lowest BCUT2D eigenvalue weighted by Gasteiger charge is -2.15. The van der Waals surface area contributed by atoms with Crippen LogP contribution in [-0.2, 0) is 14.8 Å². The summed E-state index contributed by atoms with van der Waals surface area (Å²) in [5.74, 6) is -0.194. The number of nitrogens with zero attached hydrogens (tertiary/aromatic N) is 1. The third-order valence-electron chi connectivity index (χ3n) is 3.39. The molecule has 0 saturated heterocycles. The van der Waals surface area contributed by atoms with E-state index in [0.717, 1.165) is 13.7 Å². The van der Waals surface area contributed by atoms with Gasteiger partial charge in [0.05, 0.1) is 10.1 Å². The molecular weight excluding hydrogens is 424 g/mol. The van der Waals surface area contributed by atoms with Crippen LogP contribution < -0.4 is 5.32 Å². The van der Waals surface area contributed by atoms with Crippen LogP contribution in [0.1, 0.15) is 6.92 Å². The molecular formula is C17H19BrN2O3S2. The van der Waals surface area contributed by atoms with E-state index in [2.05, 4.69) is 21.2 Å². The fourth-order valence-corrected chi connectivity index (χ4v) is 4.37. The highest BCUT2D eigenvalue weighted by Gasteiger charge is 2.19. The van der Waals surface area contributed by atoms with E-state index in [1.165, 1.54) is 38.0 Å². The van der Waals surface area contributed by atoms with Crippen molar-refractivity contribution in [3.63, 3.8) is 0 Å². The summed E-state index contributed by atoms with van der Waals surface area (Å²) in [6, 6.07) is 13.9. The molecule has 0 radical (unpaired) electrons. The van der Waals surface area contributed by atoms with E-state index in [0.29, 0.717) is 5.69 Å². The van der Waals surface area contributed by atoms with Crippen LogP contribution in [0.2, 0.25) is 0 Å². The first-order chi connectivity index (χ1) is 11.7. The Kier molecular flexibility index (Phi) is 6.67. The first-order valence-corrected chi connectivity index (χ1v) is 10.6. The molecule has 25 heavy (non-hydrogen) atoms. The Labute approximate surface area is 161 Å². The van der Waals surface area contributed by atoms with E-state index in [1.54, 1.807) is 19.1 Å². The normalized spacial score (nSPS) is 12.8. The molecule has 5 nitrogen and oxygen atoms in total. The zero-order valence-corrected chi connectivity index (χ0v) is 17.3. The quantitative estimate of drug-likeness (QED) is 0.690. The molecule has 0 aromatic heterocycles. The summed E-state index contributed by atoms with van der Waals surface area (Å²) < 4.78 is 26.4. The van der Waals surface area contributed by atoms with Gasteiger partial charge in [0.1, 0.15) is 0 Å². The monoisotopic (exact) mass is 442 g/mol. The average molecular weight is 443 g/mol. The number of benzene rings is 2. The second kappa shape index (κ2) is 8.35. The molecule has 1 unspecified atom stereocenters. The molecule has 1 amide bonds. The molecule has 0 bridgehead atoms. The number of sulfonamides is 1. The van der Waals surface area contributed by atoms with Crippen molar-refractivity contribution in [3.8, 4) is 0 Å². The van der Waals surface area contributed by atoms with Crippen molar-refractivity contribution < 1.29 is 13.2 Å². The Balaban J connectivity index is 2.12. The van der Waals surface area contributed by atoms with Gasteiger partial charge in [-0.05, 0) is 53.2 Å².